The van der Waals surface area contributed by atoms with E-state index >= 15 is 0 Å². The maximum Gasteiger partial charge on any atom is 0.273 e. The molecule has 1 aliphatic carbocycles. The van der Waals surface area contributed by atoms with Gasteiger partial charge in [0.1, 0.15) is 0 Å². The van der Waals surface area contributed by atoms with Crippen molar-refractivity contribution in [1.82, 2.24) is 9.55 Å². The number of aryl methyl sites for hydroxylation is 3. The second-order valence-electron chi connectivity index (χ2n) is 5.85. The Labute approximate surface area is 129 Å². The Bertz CT molecular complexity index is 709. The number of nitrogens with zero attached hydrogens (tertiary/aromatic N) is 2. The fourth-order valence-electron chi connectivity index (χ4n) is 2.71. The molecule has 0 N–H and O–H groups in total. The summed E-state index contributed by atoms with van der Waals surface area (Å²) in [6.45, 7) is 6.44. The Morgan fingerprint density at radius 1 is 1.24 bits per heavy atom. The average molecular weight is 300 g/mol. The molecular formula is C17H20N2OS. The predicted molar refractivity (Wildman–Crippen MR) is 87.0 cm³/mol. The van der Waals surface area contributed by atoms with E-state index in [0.717, 1.165) is 10.9 Å². The zero-order valence-electron chi connectivity index (χ0n) is 12.7. The van der Waals surface area contributed by atoms with Crippen LogP contribution in [0.4, 0.5) is 0 Å². The fourth-order valence-corrected chi connectivity index (χ4v) is 3.95. The van der Waals surface area contributed by atoms with Gasteiger partial charge in [0.15, 0.2) is 5.16 Å². The Morgan fingerprint density at radius 2 is 1.90 bits per heavy atom. The van der Waals surface area contributed by atoms with Crippen LogP contribution in [0.25, 0.3) is 0 Å². The Kier molecular flexibility index (Phi) is 3.89. The molecule has 0 amide bonds. The number of thioether (sulfide) groups is 1. The van der Waals surface area contributed by atoms with Gasteiger partial charge in [0.2, 0.25) is 0 Å². The van der Waals surface area contributed by atoms with Gasteiger partial charge in [-0.3, -0.25) is 4.79 Å². The summed E-state index contributed by atoms with van der Waals surface area (Å²) < 4.78 is 2.16. The quantitative estimate of drug-likeness (QED) is 0.636. The van der Waals surface area contributed by atoms with Crippen molar-refractivity contribution in [2.75, 3.05) is 0 Å². The van der Waals surface area contributed by atoms with Gasteiger partial charge in [0, 0.05) is 24.1 Å². The van der Waals surface area contributed by atoms with Crippen LogP contribution in [-0.4, -0.2) is 9.55 Å². The first kappa shape index (κ1) is 14.4. The topological polar surface area (TPSA) is 34.9 Å². The van der Waals surface area contributed by atoms with Gasteiger partial charge in [-0.15, -0.1) is 0 Å². The van der Waals surface area contributed by atoms with Gasteiger partial charge in [-0.05, 0) is 50.3 Å². The molecule has 21 heavy (non-hydrogen) atoms. The molecule has 1 aromatic heterocycles. The zero-order valence-corrected chi connectivity index (χ0v) is 13.5. The third-order valence-electron chi connectivity index (χ3n) is 3.93. The molecular weight excluding hydrogens is 280 g/mol. The first-order valence-corrected chi connectivity index (χ1v) is 8.32. The SMILES string of the molecule is Cc1cc(C)c(CSc2nc(=O)ccn2C2CC2)c(C)c1. The third kappa shape index (κ3) is 3.21. The summed E-state index contributed by atoms with van der Waals surface area (Å²) in [5, 5.41) is 0.851. The van der Waals surface area contributed by atoms with Gasteiger partial charge in [-0.1, -0.05) is 29.5 Å². The number of hydrogen-bond donors (Lipinski definition) is 0. The molecule has 1 aliphatic rings. The van der Waals surface area contributed by atoms with Crippen molar-refractivity contribution in [3.05, 3.63) is 57.0 Å². The van der Waals surface area contributed by atoms with Crippen molar-refractivity contribution < 1.29 is 0 Å². The van der Waals surface area contributed by atoms with Gasteiger partial charge in [0.25, 0.3) is 5.56 Å². The number of rotatable bonds is 4. The molecule has 0 aliphatic heterocycles. The normalized spacial score (nSPS) is 14.4. The van der Waals surface area contributed by atoms with Crippen LogP contribution in [-0.2, 0) is 5.75 Å². The van der Waals surface area contributed by atoms with Crippen LogP contribution in [0.2, 0.25) is 0 Å². The van der Waals surface area contributed by atoms with Crippen molar-refractivity contribution in [3.8, 4) is 0 Å². The first-order chi connectivity index (χ1) is 10.0. The highest BCUT2D eigenvalue weighted by Crippen LogP contribution is 2.37. The van der Waals surface area contributed by atoms with Crippen LogP contribution >= 0.6 is 11.8 Å². The van der Waals surface area contributed by atoms with E-state index in [1.807, 2.05) is 6.20 Å². The lowest BCUT2D eigenvalue weighted by Crippen LogP contribution is -2.12. The van der Waals surface area contributed by atoms with E-state index in [9.17, 15) is 4.79 Å². The average Bonchev–Trinajstić information content (AvgIpc) is 3.22. The van der Waals surface area contributed by atoms with Crippen LogP contribution in [0, 0.1) is 20.8 Å². The Morgan fingerprint density at radius 3 is 2.52 bits per heavy atom. The minimum Gasteiger partial charge on any atom is -0.324 e. The number of benzene rings is 1. The summed E-state index contributed by atoms with van der Waals surface area (Å²) in [5.74, 6) is 0.862. The first-order valence-electron chi connectivity index (χ1n) is 7.33. The summed E-state index contributed by atoms with van der Waals surface area (Å²) >= 11 is 1.67. The standard InChI is InChI=1S/C17H20N2OS/c1-11-8-12(2)15(13(3)9-11)10-21-17-18-16(20)6-7-19(17)14-4-5-14/h6-9,14H,4-5,10H2,1-3H3. The molecule has 0 saturated heterocycles. The van der Waals surface area contributed by atoms with E-state index in [4.69, 9.17) is 0 Å². The molecule has 1 saturated carbocycles. The highest BCUT2D eigenvalue weighted by atomic mass is 32.2. The smallest absolute Gasteiger partial charge is 0.273 e. The Hall–Kier alpha value is -1.55. The molecule has 1 heterocycles. The third-order valence-corrected chi connectivity index (χ3v) is 4.92. The van der Waals surface area contributed by atoms with Crippen molar-refractivity contribution in [1.29, 1.82) is 0 Å². The van der Waals surface area contributed by atoms with Crippen LogP contribution < -0.4 is 5.56 Å². The summed E-state index contributed by atoms with van der Waals surface area (Å²) in [6, 6.07) is 6.54. The van der Waals surface area contributed by atoms with Gasteiger partial charge in [-0.25, -0.2) is 0 Å². The van der Waals surface area contributed by atoms with Crippen molar-refractivity contribution in [2.45, 2.75) is 50.6 Å². The predicted octanol–water partition coefficient (Wildman–Crippen LogP) is 3.80. The van der Waals surface area contributed by atoms with Gasteiger partial charge >= 0.3 is 0 Å². The maximum absolute atomic E-state index is 11.5. The second kappa shape index (κ2) is 5.68. The molecule has 4 heteroatoms. The lowest BCUT2D eigenvalue weighted by Gasteiger charge is -2.13. The lowest BCUT2D eigenvalue weighted by molar-refractivity contribution is 0.624. The Balaban J connectivity index is 1.85. The molecule has 1 fully saturated rings. The molecule has 0 bridgehead atoms. The lowest BCUT2D eigenvalue weighted by atomic mass is 10.0. The molecule has 3 nitrogen and oxygen atoms in total. The number of aromatic nitrogens is 2. The molecule has 0 radical (unpaired) electrons. The monoisotopic (exact) mass is 300 g/mol. The largest absolute Gasteiger partial charge is 0.324 e. The van der Waals surface area contributed by atoms with Crippen molar-refractivity contribution >= 4 is 11.8 Å². The summed E-state index contributed by atoms with van der Waals surface area (Å²) in [6.07, 6.45) is 4.28. The maximum atomic E-state index is 11.5. The molecule has 3 rings (SSSR count). The van der Waals surface area contributed by atoms with Gasteiger partial charge < -0.3 is 4.57 Å². The molecule has 0 atom stereocenters. The minimum atomic E-state index is -0.147. The van der Waals surface area contributed by atoms with Gasteiger partial charge in [-0.2, -0.15) is 4.98 Å². The van der Waals surface area contributed by atoms with E-state index in [-0.39, 0.29) is 5.56 Å². The summed E-state index contributed by atoms with van der Waals surface area (Å²) in [4.78, 5) is 15.7. The minimum absolute atomic E-state index is 0.147. The summed E-state index contributed by atoms with van der Waals surface area (Å²) in [5.41, 5.74) is 5.14. The molecule has 2 aromatic rings. The van der Waals surface area contributed by atoms with Crippen LogP contribution in [0.5, 0.6) is 0 Å². The molecule has 0 spiro atoms. The van der Waals surface area contributed by atoms with Crippen LogP contribution in [0.1, 0.15) is 41.1 Å². The zero-order chi connectivity index (χ0) is 15.0. The highest BCUT2D eigenvalue weighted by Gasteiger charge is 2.25. The van der Waals surface area contributed by atoms with Crippen LogP contribution in [0.15, 0.2) is 34.3 Å². The van der Waals surface area contributed by atoms with E-state index in [2.05, 4.69) is 42.5 Å². The van der Waals surface area contributed by atoms with E-state index in [0.29, 0.717) is 6.04 Å². The number of hydrogen-bond acceptors (Lipinski definition) is 3. The van der Waals surface area contributed by atoms with Gasteiger partial charge in [0.05, 0.1) is 0 Å². The van der Waals surface area contributed by atoms with Crippen molar-refractivity contribution in [3.63, 3.8) is 0 Å². The fraction of sp³-hybridized carbons (Fsp3) is 0.412. The second-order valence-corrected chi connectivity index (χ2v) is 6.80. The highest BCUT2D eigenvalue weighted by molar-refractivity contribution is 7.98. The molecule has 1 aromatic carbocycles. The van der Waals surface area contributed by atoms with Crippen molar-refractivity contribution in [2.24, 2.45) is 0 Å². The molecule has 110 valence electrons. The van der Waals surface area contributed by atoms with E-state index < -0.39 is 0 Å². The van der Waals surface area contributed by atoms with Crippen LogP contribution in [0.3, 0.4) is 0 Å². The molecule has 0 unspecified atom stereocenters. The van der Waals surface area contributed by atoms with E-state index in [1.54, 1.807) is 17.8 Å². The van der Waals surface area contributed by atoms with E-state index in [1.165, 1.54) is 35.1 Å². The summed E-state index contributed by atoms with van der Waals surface area (Å²) in [7, 11) is 0.